The molecule has 0 amide bonds. The molecule has 165 valence electrons. The van der Waals surface area contributed by atoms with E-state index >= 15 is 0 Å². The van der Waals surface area contributed by atoms with E-state index in [0.29, 0.717) is 17.4 Å². The van der Waals surface area contributed by atoms with E-state index in [1.807, 2.05) is 45.4 Å². The maximum Gasteiger partial charge on any atom is 0.153 e. The second-order valence-electron chi connectivity index (χ2n) is 7.73. The van der Waals surface area contributed by atoms with Crippen LogP contribution in [-0.4, -0.2) is 43.0 Å². The number of aliphatic hydroxyl groups is 1. The molecule has 3 N–H and O–H groups in total. The van der Waals surface area contributed by atoms with Crippen LogP contribution in [0.25, 0.3) is 0 Å². The maximum absolute atomic E-state index is 9.18. The van der Waals surface area contributed by atoms with Crippen LogP contribution in [0, 0.1) is 11.3 Å². The third kappa shape index (κ3) is 7.57. The van der Waals surface area contributed by atoms with Gasteiger partial charge in [-0.1, -0.05) is 49.4 Å². The number of nitrogens with two attached hydrogens (primary N) is 1. The topological polar surface area (TPSA) is 73.3 Å². The maximum atomic E-state index is 9.18. The van der Waals surface area contributed by atoms with Crippen LogP contribution in [0.4, 0.5) is 5.69 Å². The van der Waals surface area contributed by atoms with Gasteiger partial charge in [0, 0.05) is 23.4 Å². The Bertz CT molecular complexity index is 845. The van der Waals surface area contributed by atoms with Gasteiger partial charge in [-0.25, -0.2) is 0 Å². The van der Waals surface area contributed by atoms with E-state index in [0.717, 1.165) is 29.6 Å². The van der Waals surface area contributed by atoms with Crippen molar-refractivity contribution in [1.29, 1.82) is 5.26 Å². The van der Waals surface area contributed by atoms with Gasteiger partial charge in [0.05, 0.1) is 11.6 Å². The molecular formula is C25H34BClN3O. The predicted octanol–water partition coefficient (Wildman–Crippen LogP) is 4.20. The van der Waals surface area contributed by atoms with Crippen LogP contribution < -0.4 is 11.2 Å². The summed E-state index contributed by atoms with van der Waals surface area (Å²) in [5.41, 5.74) is 10.7. The minimum atomic E-state index is 0.199. The first kappa shape index (κ1) is 25.3. The number of hydrogen-bond donors (Lipinski definition) is 2. The van der Waals surface area contributed by atoms with Crippen molar-refractivity contribution < 1.29 is 5.11 Å². The Balaban J connectivity index is 0.000000226. The summed E-state index contributed by atoms with van der Waals surface area (Å²) in [6.45, 7) is 6.68. The Morgan fingerprint density at radius 2 is 1.87 bits per heavy atom. The molecule has 1 saturated heterocycles. The zero-order valence-electron chi connectivity index (χ0n) is 18.8. The summed E-state index contributed by atoms with van der Waals surface area (Å²) in [6.07, 6.45) is 6.64. The molecule has 4 rings (SSSR count). The van der Waals surface area contributed by atoms with Gasteiger partial charge in [-0.15, -0.1) is 0 Å². The average Bonchev–Trinajstić information content (AvgIpc) is 3.34. The molecule has 6 heteroatoms. The Morgan fingerprint density at radius 1 is 1.19 bits per heavy atom. The van der Waals surface area contributed by atoms with Gasteiger partial charge in [-0.05, 0) is 80.6 Å². The zero-order chi connectivity index (χ0) is 22.6. The number of fused-ring (bicyclic) bond motifs is 1. The van der Waals surface area contributed by atoms with E-state index in [-0.39, 0.29) is 6.61 Å². The molecule has 31 heavy (non-hydrogen) atoms. The molecule has 1 atom stereocenters. The molecule has 0 spiro atoms. The number of nitriles is 1. The zero-order valence-corrected chi connectivity index (χ0v) is 19.5. The Hall–Kier alpha value is -2.00. The Kier molecular flexibility index (Phi) is 10.9. The number of halogens is 1. The fraction of sp³-hybridized carbons (Fsp3) is 0.480. The fourth-order valence-corrected chi connectivity index (χ4v) is 4.46. The summed E-state index contributed by atoms with van der Waals surface area (Å²) >= 11 is 6.10. The minimum Gasteiger partial charge on any atom is -0.399 e. The van der Waals surface area contributed by atoms with Crippen molar-refractivity contribution in [3.05, 3.63) is 58.1 Å². The monoisotopic (exact) mass is 438 g/mol. The van der Waals surface area contributed by atoms with E-state index in [2.05, 4.69) is 17.0 Å². The first-order valence-corrected chi connectivity index (χ1v) is 11.7. The molecule has 4 nitrogen and oxygen atoms in total. The number of anilines is 1. The van der Waals surface area contributed by atoms with E-state index in [1.165, 1.54) is 43.5 Å². The van der Waals surface area contributed by atoms with Crippen molar-refractivity contribution in [2.45, 2.75) is 58.3 Å². The molecule has 1 aliphatic carbocycles. The molecule has 2 aliphatic rings. The van der Waals surface area contributed by atoms with Crippen molar-refractivity contribution >= 4 is 30.0 Å². The van der Waals surface area contributed by atoms with E-state index in [1.54, 1.807) is 6.07 Å². The standard InChI is InChI=1S/C15H17ClN2.C8H11BNO.C2H6/c16-13-7-11-9-14(18-5-1-2-6-18)3-4-15(11)12(8-13)10-17;10-8-3-1-7(2-4-8)9-5-6-11;1-2/h7-8,14H,1-6,9H2;1-4,11H,5-6,10H2;1-2H3. The van der Waals surface area contributed by atoms with Gasteiger partial charge in [0.25, 0.3) is 0 Å². The van der Waals surface area contributed by atoms with Crippen molar-refractivity contribution in [1.82, 2.24) is 4.90 Å². The number of rotatable bonds is 4. The van der Waals surface area contributed by atoms with Crippen LogP contribution in [0.2, 0.25) is 11.3 Å². The van der Waals surface area contributed by atoms with Gasteiger partial charge in [0.1, 0.15) is 0 Å². The molecule has 1 unspecified atom stereocenters. The molecule has 1 heterocycles. The van der Waals surface area contributed by atoms with Gasteiger partial charge in [0.15, 0.2) is 7.28 Å². The number of hydrogen-bond acceptors (Lipinski definition) is 4. The number of nitrogen functional groups attached to an aromatic ring is 1. The van der Waals surface area contributed by atoms with Crippen LogP contribution in [0.1, 0.15) is 49.8 Å². The van der Waals surface area contributed by atoms with Gasteiger partial charge in [0.2, 0.25) is 0 Å². The third-order valence-corrected chi connectivity index (χ3v) is 5.93. The molecule has 0 saturated carbocycles. The lowest BCUT2D eigenvalue weighted by Crippen LogP contribution is -2.37. The van der Waals surface area contributed by atoms with Crippen LogP contribution in [0.3, 0.4) is 0 Å². The first-order valence-electron chi connectivity index (χ1n) is 11.4. The summed E-state index contributed by atoms with van der Waals surface area (Å²) in [7, 11) is 1.97. The van der Waals surface area contributed by atoms with E-state index < -0.39 is 0 Å². The third-order valence-electron chi connectivity index (χ3n) is 5.71. The Labute approximate surface area is 193 Å². The molecule has 1 aliphatic heterocycles. The largest absolute Gasteiger partial charge is 0.399 e. The van der Waals surface area contributed by atoms with Crippen LogP contribution in [0.5, 0.6) is 0 Å². The fourth-order valence-electron chi connectivity index (χ4n) is 4.22. The highest BCUT2D eigenvalue weighted by atomic mass is 35.5. The molecule has 2 aromatic rings. The highest BCUT2D eigenvalue weighted by molar-refractivity contribution is 6.53. The lowest BCUT2D eigenvalue weighted by atomic mass is 9.67. The number of benzene rings is 2. The smallest absolute Gasteiger partial charge is 0.153 e. The van der Waals surface area contributed by atoms with Gasteiger partial charge < -0.3 is 15.7 Å². The number of aliphatic hydroxyl groups excluding tert-OH is 1. The highest BCUT2D eigenvalue weighted by Crippen LogP contribution is 2.31. The van der Waals surface area contributed by atoms with Crippen LogP contribution in [-0.2, 0) is 12.8 Å². The molecule has 0 bridgehead atoms. The normalized spacial score (nSPS) is 17.3. The second-order valence-corrected chi connectivity index (χ2v) is 8.16. The minimum absolute atomic E-state index is 0.199. The van der Waals surface area contributed by atoms with Crippen molar-refractivity contribution in [3.63, 3.8) is 0 Å². The summed E-state index contributed by atoms with van der Waals surface area (Å²) in [6, 6.07) is 14.4. The van der Waals surface area contributed by atoms with Crippen LogP contribution in [0.15, 0.2) is 36.4 Å². The van der Waals surface area contributed by atoms with Gasteiger partial charge in [-0.3, -0.25) is 0 Å². The lowest BCUT2D eigenvalue weighted by Gasteiger charge is -2.32. The number of nitrogens with zero attached hydrogens (tertiary/aromatic N) is 2. The highest BCUT2D eigenvalue weighted by Gasteiger charge is 2.27. The van der Waals surface area contributed by atoms with Gasteiger partial charge in [-0.2, -0.15) is 5.26 Å². The second kappa shape index (κ2) is 13.4. The predicted molar refractivity (Wildman–Crippen MR) is 132 cm³/mol. The summed E-state index contributed by atoms with van der Waals surface area (Å²) in [5.74, 6) is 0. The lowest BCUT2D eigenvalue weighted by molar-refractivity contribution is 0.222. The average molecular weight is 439 g/mol. The Morgan fingerprint density at radius 3 is 2.48 bits per heavy atom. The summed E-state index contributed by atoms with van der Waals surface area (Å²) < 4.78 is 0. The van der Waals surface area contributed by atoms with Gasteiger partial charge >= 0.3 is 0 Å². The summed E-state index contributed by atoms with van der Waals surface area (Å²) in [4.78, 5) is 2.61. The molecule has 0 aromatic heterocycles. The van der Waals surface area contributed by atoms with Crippen molar-refractivity contribution in [2.75, 3.05) is 25.4 Å². The molecular weight excluding hydrogens is 405 g/mol. The number of likely N-dealkylation sites (tertiary alicyclic amines) is 1. The molecule has 1 radical (unpaired) electrons. The molecule has 1 fully saturated rings. The van der Waals surface area contributed by atoms with Crippen LogP contribution >= 0.6 is 11.6 Å². The van der Waals surface area contributed by atoms with Crippen molar-refractivity contribution in [2.24, 2.45) is 0 Å². The summed E-state index contributed by atoms with van der Waals surface area (Å²) in [5, 5.41) is 18.4. The van der Waals surface area contributed by atoms with E-state index in [4.69, 9.17) is 22.4 Å². The van der Waals surface area contributed by atoms with E-state index in [9.17, 15) is 5.26 Å². The first-order chi connectivity index (χ1) is 15.1. The molecule has 2 aromatic carbocycles. The van der Waals surface area contributed by atoms with Crippen molar-refractivity contribution in [3.8, 4) is 6.07 Å². The SMILES string of the molecule is CC.N#Cc1cc(Cl)cc2c1CCC(N1CCCC1)C2.Nc1ccc([B]CCO)cc1. The quantitative estimate of drug-likeness (QED) is 0.554.